The first-order chi connectivity index (χ1) is 18.5. The molecule has 1 aliphatic carbocycles. The zero-order chi connectivity index (χ0) is 26.1. The van der Waals surface area contributed by atoms with Crippen molar-refractivity contribution in [2.45, 2.75) is 57.5 Å². The number of H-pyrrole nitrogens is 1. The third-order valence-electron chi connectivity index (χ3n) is 8.53. The molecule has 3 fully saturated rings. The Morgan fingerprint density at radius 3 is 2.61 bits per heavy atom. The van der Waals surface area contributed by atoms with E-state index in [0.29, 0.717) is 36.1 Å². The van der Waals surface area contributed by atoms with Gasteiger partial charge in [-0.05, 0) is 56.4 Å². The molecule has 1 saturated carbocycles. The number of nitrogens with one attached hydrogen (secondary N) is 3. The Labute approximate surface area is 224 Å². The maximum Gasteiger partial charge on any atom is 0.231 e. The van der Waals surface area contributed by atoms with Crippen LogP contribution in [0.2, 0.25) is 0 Å². The van der Waals surface area contributed by atoms with Gasteiger partial charge in [0, 0.05) is 62.2 Å². The highest BCUT2D eigenvalue weighted by Gasteiger charge is 2.34. The van der Waals surface area contributed by atoms with E-state index in [1.165, 1.54) is 25.7 Å². The second-order valence-corrected chi connectivity index (χ2v) is 14.1. The summed E-state index contributed by atoms with van der Waals surface area (Å²) >= 11 is 0. The van der Waals surface area contributed by atoms with E-state index in [0.717, 1.165) is 72.6 Å². The van der Waals surface area contributed by atoms with E-state index in [1.807, 2.05) is 24.4 Å². The van der Waals surface area contributed by atoms with Gasteiger partial charge in [0.1, 0.15) is 24.4 Å². The molecule has 0 unspecified atom stereocenters. The third kappa shape index (κ3) is 5.16. The number of methoxy groups -OCH3 is 1. The lowest BCUT2D eigenvalue weighted by Crippen LogP contribution is -2.45. The van der Waals surface area contributed by atoms with Gasteiger partial charge in [0.15, 0.2) is 0 Å². The van der Waals surface area contributed by atoms with Crippen molar-refractivity contribution in [3.05, 3.63) is 30.0 Å². The maximum atomic E-state index is 14.0. The largest absolute Gasteiger partial charge is 0.495 e. The number of fused-ring (bicyclic) bond motifs is 1. The number of aromatic amines is 1. The van der Waals surface area contributed by atoms with Crippen molar-refractivity contribution in [3.8, 4) is 5.75 Å². The third-order valence-corrected chi connectivity index (χ3v) is 11.6. The lowest BCUT2D eigenvalue weighted by Gasteiger charge is -2.39. The number of aryl methyl sites for hydroxylation is 1. The second-order valence-electron chi connectivity index (χ2n) is 10.9. The molecule has 0 radical (unpaired) electrons. The first-order valence-electron chi connectivity index (χ1n) is 14.0. The number of hydrogen-bond acceptors (Lipinski definition) is 8. The average molecular weight is 539 g/mol. The van der Waals surface area contributed by atoms with Crippen molar-refractivity contribution >= 4 is 40.9 Å². The molecule has 204 valence electrons. The fourth-order valence-corrected chi connectivity index (χ4v) is 8.84. The fourth-order valence-electron chi connectivity index (χ4n) is 6.25. The smallest absolute Gasteiger partial charge is 0.231 e. The molecule has 9 nitrogen and oxygen atoms in total. The molecule has 4 heterocycles. The number of aromatic nitrogens is 3. The van der Waals surface area contributed by atoms with Gasteiger partial charge >= 0.3 is 0 Å². The summed E-state index contributed by atoms with van der Waals surface area (Å²) in [7, 11) is -0.826. The molecule has 0 atom stereocenters. The summed E-state index contributed by atoms with van der Waals surface area (Å²) in [5, 5.41) is 8.96. The highest BCUT2D eigenvalue weighted by molar-refractivity contribution is 7.71. The topological polar surface area (TPSA) is 104 Å². The van der Waals surface area contributed by atoms with Crippen molar-refractivity contribution in [2.75, 3.05) is 56.4 Å². The Bertz CT molecular complexity index is 1320. The molecule has 0 spiro atoms. The molecular weight excluding hydrogens is 499 g/mol. The number of benzene rings is 1. The molecule has 2 aromatic heterocycles. The fraction of sp³-hybridized carbons (Fsp3) is 0.571. The highest BCUT2D eigenvalue weighted by atomic mass is 31.2. The van der Waals surface area contributed by atoms with E-state index in [4.69, 9.17) is 19.4 Å². The molecule has 1 aromatic carbocycles. The van der Waals surface area contributed by atoms with Gasteiger partial charge in [-0.25, -0.2) is 0 Å². The van der Waals surface area contributed by atoms with Crippen LogP contribution in [0.4, 0.5) is 17.5 Å². The van der Waals surface area contributed by atoms with Gasteiger partial charge in [-0.15, -0.1) is 0 Å². The van der Waals surface area contributed by atoms with Gasteiger partial charge in [0.05, 0.1) is 18.2 Å². The molecule has 3 aliphatic rings. The van der Waals surface area contributed by atoms with E-state index >= 15 is 0 Å². The maximum absolute atomic E-state index is 14.0. The highest BCUT2D eigenvalue weighted by Crippen LogP contribution is 2.48. The van der Waals surface area contributed by atoms with Gasteiger partial charge in [0.2, 0.25) is 5.95 Å². The quantitative estimate of drug-likeness (QED) is 0.367. The molecule has 2 saturated heterocycles. The molecule has 2 aliphatic heterocycles. The van der Waals surface area contributed by atoms with Gasteiger partial charge in [0.25, 0.3) is 0 Å². The molecule has 0 bridgehead atoms. The van der Waals surface area contributed by atoms with E-state index in [2.05, 4.69) is 27.4 Å². The first kappa shape index (κ1) is 25.7. The lowest BCUT2D eigenvalue weighted by molar-refractivity contribution is 0.0371. The minimum absolute atomic E-state index is 0.444. The van der Waals surface area contributed by atoms with Crippen LogP contribution in [0.15, 0.2) is 24.4 Å². The summed E-state index contributed by atoms with van der Waals surface area (Å²) < 4.78 is 25.3. The monoisotopic (exact) mass is 538 g/mol. The average Bonchev–Trinajstić information content (AvgIpc) is 3.59. The lowest BCUT2D eigenvalue weighted by atomic mass is 10.1. The van der Waals surface area contributed by atoms with Crippen molar-refractivity contribution in [1.29, 1.82) is 0 Å². The molecule has 10 heteroatoms. The summed E-state index contributed by atoms with van der Waals surface area (Å²) in [5.41, 5.74) is 2.69. The molecular formula is C28H39N6O3P. The van der Waals surface area contributed by atoms with Gasteiger partial charge in [-0.2, -0.15) is 9.97 Å². The van der Waals surface area contributed by atoms with Crippen LogP contribution in [0.1, 0.15) is 44.1 Å². The summed E-state index contributed by atoms with van der Waals surface area (Å²) in [6, 6.07) is 6.90. The minimum atomic E-state index is -2.48. The normalized spacial score (nSPS) is 21.1. The Morgan fingerprint density at radius 1 is 1.11 bits per heavy atom. The SMILES string of the molecule is COc1cc(P2(=O)CCN(C3CCOCC3)CC2)ccc1Nc1nc(NC2CCCC2)c2c(C)c[nH]c2n1. The number of nitrogens with zero attached hydrogens (tertiary/aromatic N) is 3. The van der Waals surface area contributed by atoms with Gasteiger partial charge < -0.3 is 29.7 Å². The summed E-state index contributed by atoms with van der Waals surface area (Å²) in [6.07, 6.45) is 10.4. The van der Waals surface area contributed by atoms with Crippen molar-refractivity contribution in [2.24, 2.45) is 0 Å². The van der Waals surface area contributed by atoms with Crippen molar-refractivity contribution < 1.29 is 14.0 Å². The van der Waals surface area contributed by atoms with Crippen LogP contribution in [-0.2, 0) is 9.30 Å². The van der Waals surface area contributed by atoms with Gasteiger partial charge in [-0.3, -0.25) is 4.90 Å². The first-order valence-corrected chi connectivity index (χ1v) is 16.1. The van der Waals surface area contributed by atoms with Gasteiger partial charge in [-0.1, -0.05) is 12.8 Å². The molecule has 6 rings (SSSR count). The molecule has 3 aromatic rings. The number of rotatable bonds is 7. The van der Waals surface area contributed by atoms with Crippen LogP contribution in [-0.4, -0.2) is 77.7 Å². The van der Waals surface area contributed by atoms with Crippen LogP contribution in [0.5, 0.6) is 5.75 Å². The predicted molar refractivity (Wildman–Crippen MR) is 153 cm³/mol. The van der Waals surface area contributed by atoms with Crippen LogP contribution >= 0.6 is 7.14 Å². The predicted octanol–water partition coefficient (Wildman–Crippen LogP) is 4.86. The van der Waals surface area contributed by atoms with E-state index in [1.54, 1.807) is 7.11 Å². The summed E-state index contributed by atoms with van der Waals surface area (Å²) in [5.74, 6) is 2.02. The summed E-state index contributed by atoms with van der Waals surface area (Å²) in [6.45, 7) is 5.51. The summed E-state index contributed by atoms with van der Waals surface area (Å²) in [4.78, 5) is 15.4. The second kappa shape index (κ2) is 10.9. The molecule has 38 heavy (non-hydrogen) atoms. The van der Waals surface area contributed by atoms with Crippen molar-refractivity contribution in [1.82, 2.24) is 19.9 Å². The van der Waals surface area contributed by atoms with Crippen LogP contribution in [0, 0.1) is 6.92 Å². The number of hydrogen-bond donors (Lipinski definition) is 3. The zero-order valence-electron chi connectivity index (χ0n) is 22.5. The minimum Gasteiger partial charge on any atom is -0.495 e. The Balaban J connectivity index is 1.21. The molecule has 3 N–H and O–H groups in total. The number of ether oxygens (including phenoxy) is 2. The van der Waals surface area contributed by atoms with Crippen LogP contribution in [0.25, 0.3) is 11.0 Å². The number of anilines is 3. The Kier molecular flexibility index (Phi) is 7.34. The van der Waals surface area contributed by atoms with Crippen LogP contribution in [0.3, 0.4) is 0 Å². The van der Waals surface area contributed by atoms with E-state index < -0.39 is 7.14 Å². The Morgan fingerprint density at radius 2 is 1.87 bits per heavy atom. The zero-order valence-corrected chi connectivity index (χ0v) is 23.4. The van der Waals surface area contributed by atoms with Crippen molar-refractivity contribution in [3.63, 3.8) is 0 Å². The van der Waals surface area contributed by atoms with Crippen LogP contribution < -0.4 is 20.7 Å². The standard InChI is InChI=1S/C28H39N6O3P/c1-19-18-29-26-25(19)27(30-20-5-3-4-6-20)33-28(32-26)31-23-8-7-22(17-24(23)36-2)38(35)15-11-34(12-16-38)21-9-13-37-14-10-21/h7-8,17-18,20-21H,3-6,9-16H2,1-2H3,(H3,29,30,31,32,33). The Hall–Kier alpha value is -2.61. The van der Waals surface area contributed by atoms with E-state index in [9.17, 15) is 4.57 Å². The van der Waals surface area contributed by atoms with E-state index in [-0.39, 0.29) is 0 Å². The molecule has 0 amide bonds.